The number of esters is 1. The summed E-state index contributed by atoms with van der Waals surface area (Å²) in [5.41, 5.74) is 0.107. The average molecular weight is 243 g/mol. The number of halogens is 2. The summed E-state index contributed by atoms with van der Waals surface area (Å²) in [7, 11) is 0. The van der Waals surface area contributed by atoms with Crippen LogP contribution in [0.5, 0.6) is 0 Å². The number of imidazole rings is 1. The van der Waals surface area contributed by atoms with E-state index in [2.05, 4.69) is 4.98 Å². The Bertz CT molecular complexity index is 553. The van der Waals surface area contributed by atoms with Crippen molar-refractivity contribution in [1.29, 1.82) is 0 Å². The summed E-state index contributed by atoms with van der Waals surface area (Å²) in [6.45, 7) is 1.93. The second-order valence-electron chi connectivity index (χ2n) is 3.08. The van der Waals surface area contributed by atoms with E-state index in [1.165, 1.54) is 16.8 Å². The van der Waals surface area contributed by atoms with Crippen molar-refractivity contribution in [3.05, 3.63) is 35.0 Å². The van der Waals surface area contributed by atoms with E-state index in [1.807, 2.05) is 0 Å². The van der Waals surface area contributed by atoms with Crippen molar-refractivity contribution in [2.75, 3.05) is 6.61 Å². The van der Waals surface area contributed by atoms with Crippen LogP contribution in [0.1, 0.15) is 17.4 Å². The minimum atomic E-state index is -0.582. The lowest BCUT2D eigenvalue weighted by molar-refractivity contribution is 0.0520. The van der Waals surface area contributed by atoms with Crippen LogP contribution in [0, 0.1) is 5.82 Å². The number of rotatable bonds is 2. The molecule has 4 nitrogen and oxygen atoms in total. The van der Waals surface area contributed by atoms with Crippen LogP contribution in [0.4, 0.5) is 4.39 Å². The number of aromatic nitrogens is 2. The molecule has 2 rings (SSSR count). The third-order valence-electron chi connectivity index (χ3n) is 1.96. The maximum Gasteiger partial charge on any atom is 0.358 e. The minimum absolute atomic E-state index is 0.0486. The predicted molar refractivity (Wildman–Crippen MR) is 56.1 cm³/mol. The largest absolute Gasteiger partial charge is 0.461 e. The van der Waals surface area contributed by atoms with Gasteiger partial charge in [-0.15, -0.1) is 0 Å². The lowest BCUT2D eigenvalue weighted by atomic mass is 10.4. The fraction of sp³-hybridized carbons (Fsp3) is 0.200. The van der Waals surface area contributed by atoms with E-state index in [0.29, 0.717) is 0 Å². The summed E-state index contributed by atoms with van der Waals surface area (Å²) in [5, 5.41) is 0.234. The molecule has 0 aliphatic heterocycles. The van der Waals surface area contributed by atoms with Crippen molar-refractivity contribution in [1.82, 2.24) is 9.38 Å². The van der Waals surface area contributed by atoms with Crippen LogP contribution in [0.2, 0.25) is 5.02 Å². The van der Waals surface area contributed by atoms with Crippen molar-refractivity contribution in [2.45, 2.75) is 6.92 Å². The summed E-state index contributed by atoms with van der Waals surface area (Å²) in [6, 6.07) is 1.14. The summed E-state index contributed by atoms with van der Waals surface area (Å²) in [5.74, 6) is -1.16. The highest BCUT2D eigenvalue weighted by molar-refractivity contribution is 6.30. The van der Waals surface area contributed by atoms with E-state index in [0.717, 1.165) is 6.07 Å². The number of hydrogen-bond donors (Lipinski definition) is 0. The first-order valence-electron chi connectivity index (χ1n) is 4.62. The van der Waals surface area contributed by atoms with E-state index < -0.39 is 11.8 Å². The molecule has 0 saturated heterocycles. The molecule has 0 bridgehead atoms. The van der Waals surface area contributed by atoms with Crippen LogP contribution in [0.25, 0.3) is 5.65 Å². The summed E-state index contributed by atoms with van der Waals surface area (Å²) >= 11 is 5.67. The number of carbonyl (C=O) groups is 1. The van der Waals surface area contributed by atoms with E-state index in [1.54, 1.807) is 6.92 Å². The summed E-state index contributed by atoms with van der Waals surface area (Å²) < 4.78 is 19.5. The molecule has 0 amide bonds. The van der Waals surface area contributed by atoms with Gasteiger partial charge in [-0.25, -0.2) is 14.2 Å². The number of fused-ring (bicyclic) bond motifs is 1. The molecule has 0 fully saturated rings. The van der Waals surface area contributed by atoms with Crippen LogP contribution < -0.4 is 0 Å². The van der Waals surface area contributed by atoms with Crippen LogP contribution >= 0.6 is 11.6 Å². The maximum absolute atomic E-state index is 13.4. The Morgan fingerprint density at radius 1 is 1.62 bits per heavy atom. The molecule has 16 heavy (non-hydrogen) atoms. The average Bonchev–Trinajstić information content (AvgIpc) is 2.62. The molecule has 0 unspecified atom stereocenters. The van der Waals surface area contributed by atoms with Gasteiger partial charge in [-0.05, 0) is 13.0 Å². The molecule has 0 atom stereocenters. The molecule has 0 aromatic carbocycles. The smallest absolute Gasteiger partial charge is 0.358 e. The molecular weight excluding hydrogens is 235 g/mol. The van der Waals surface area contributed by atoms with Crippen molar-refractivity contribution in [3.8, 4) is 0 Å². The Kier molecular flexibility index (Phi) is 2.78. The van der Waals surface area contributed by atoms with Gasteiger partial charge in [-0.3, -0.25) is 0 Å². The first kappa shape index (κ1) is 10.9. The Morgan fingerprint density at radius 2 is 2.38 bits per heavy atom. The standard InChI is InChI=1S/C10H8ClFN2O2/c1-2-16-10(15)8-5-14-4-6(11)3-7(12)9(14)13-8/h3-5H,2H2,1H3. The third-order valence-corrected chi connectivity index (χ3v) is 2.16. The molecule has 0 spiro atoms. The second-order valence-corrected chi connectivity index (χ2v) is 3.52. The zero-order valence-electron chi connectivity index (χ0n) is 8.41. The fourth-order valence-electron chi connectivity index (χ4n) is 1.33. The van der Waals surface area contributed by atoms with Gasteiger partial charge in [0, 0.05) is 12.4 Å². The molecule has 0 saturated carbocycles. The maximum atomic E-state index is 13.4. The predicted octanol–water partition coefficient (Wildman–Crippen LogP) is 2.30. The van der Waals surface area contributed by atoms with E-state index >= 15 is 0 Å². The minimum Gasteiger partial charge on any atom is -0.461 e. The molecule has 0 aliphatic carbocycles. The molecular formula is C10H8ClFN2O2. The van der Waals surface area contributed by atoms with Crippen LogP contribution in [-0.2, 0) is 4.74 Å². The van der Waals surface area contributed by atoms with Crippen molar-refractivity contribution >= 4 is 23.2 Å². The highest BCUT2D eigenvalue weighted by Gasteiger charge is 2.14. The summed E-state index contributed by atoms with van der Waals surface area (Å²) in [6.07, 6.45) is 2.85. The van der Waals surface area contributed by atoms with E-state index in [-0.39, 0.29) is 23.0 Å². The van der Waals surface area contributed by atoms with Gasteiger partial charge in [-0.2, -0.15) is 0 Å². The lowest BCUT2D eigenvalue weighted by Gasteiger charge is -1.95. The van der Waals surface area contributed by atoms with Crippen molar-refractivity contribution in [3.63, 3.8) is 0 Å². The normalized spacial score (nSPS) is 10.7. The zero-order chi connectivity index (χ0) is 11.7. The fourth-order valence-corrected chi connectivity index (χ4v) is 1.53. The Balaban J connectivity index is 2.51. The molecule has 0 aliphatic rings. The number of ether oxygens (including phenoxy) is 1. The molecule has 6 heteroatoms. The SMILES string of the molecule is CCOC(=O)c1cn2cc(Cl)cc(F)c2n1. The topological polar surface area (TPSA) is 43.6 Å². The quantitative estimate of drug-likeness (QED) is 0.759. The molecule has 2 aromatic heterocycles. The van der Waals surface area contributed by atoms with Crippen molar-refractivity contribution in [2.24, 2.45) is 0 Å². The zero-order valence-corrected chi connectivity index (χ0v) is 9.16. The van der Waals surface area contributed by atoms with E-state index in [4.69, 9.17) is 16.3 Å². The number of nitrogens with zero attached hydrogens (tertiary/aromatic N) is 2. The Labute approximate surface area is 95.6 Å². The lowest BCUT2D eigenvalue weighted by Crippen LogP contribution is -2.04. The van der Waals surface area contributed by atoms with Gasteiger partial charge in [-0.1, -0.05) is 11.6 Å². The van der Waals surface area contributed by atoms with Crippen LogP contribution in [-0.4, -0.2) is 22.0 Å². The van der Waals surface area contributed by atoms with Gasteiger partial charge in [0.15, 0.2) is 17.2 Å². The Hall–Kier alpha value is -1.62. The number of carbonyl (C=O) groups excluding carboxylic acids is 1. The first-order valence-corrected chi connectivity index (χ1v) is 5.00. The van der Waals surface area contributed by atoms with Gasteiger partial charge in [0.2, 0.25) is 0 Å². The molecule has 2 aromatic rings. The van der Waals surface area contributed by atoms with Crippen molar-refractivity contribution < 1.29 is 13.9 Å². The monoisotopic (exact) mass is 242 g/mol. The Morgan fingerprint density at radius 3 is 3.06 bits per heavy atom. The molecule has 2 heterocycles. The van der Waals surface area contributed by atoms with Gasteiger partial charge >= 0.3 is 5.97 Å². The highest BCUT2D eigenvalue weighted by Crippen LogP contribution is 2.16. The van der Waals surface area contributed by atoms with Gasteiger partial charge in [0.05, 0.1) is 11.6 Å². The van der Waals surface area contributed by atoms with Gasteiger partial charge in [0.25, 0.3) is 0 Å². The molecule has 0 radical (unpaired) electrons. The van der Waals surface area contributed by atoms with Gasteiger partial charge < -0.3 is 9.14 Å². The van der Waals surface area contributed by atoms with Crippen LogP contribution in [0.3, 0.4) is 0 Å². The summed E-state index contributed by atoms with van der Waals surface area (Å²) in [4.78, 5) is 15.2. The molecule has 84 valence electrons. The second kappa shape index (κ2) is 4.09. The third kappa shape index (κ3) is 1.86. The highest BCUT2D eigenvalue weighted by atomic mass is 35.5. The molecule has 0 N–H and O–H groups in total. The van der Waals surface area contributed by atoms with E-state index in [9.17, 15) is 9.18 Å². The number of hydrogen-bond acceptors (Lipinski definition) is 3. The number of pyridine rings is 1. The van der Waals surface area contributed by atoms with Gasteiger partial charge in [0.1, 0.15) is 0 Å². The first-order chi connectivity index (χ1) is 7.61. The van der Waals surface area contributed by atoms with Crippen LogP contribution in [0.15, 0.2) is 18.5 Å².